The highest BCUT2D eigenvalue weighted by Gasteiger charge is 2.37. The van der Waals surface area contributed by atoms with E-state index >= 15 is 0 Å². The summed E-state index contributed by atoms with van der Waals surface area (Å²) < 4.78 is 5.75. The van der Waals surface area contributed by atoms with Gasteiger partial charge < -0.3 is 9.84 Å². The third kappa shape index (κ3) is 2.69. The summed E-state index contributed by atoms with van der Waals surface area (Å²) >= 11 is 0. The first-order chi connectivity index (χ1) is 9.69. The molecule has 1 N–H and O–H groups in total. The van der Waals surface area contributed by atoms with Crippen molar-refractivity contribution in [3.05, 3.63) is 41.6 Å². The molecule has 2 atom stereocenters. The quantitative estimate of drug-likeness (QED) is 0.906. The van der Waals surface area contributed by atoms with Crippen molar-refractivity contribution in [3.8, 4) is 0 Å². The Hall–Kier alpha value is -1.45. The molecule has 1 aromatic heterocycles. The van der Waals surface area contributed by atoms with Crippen LogP contribution in [0.3, 0.4) is 0 Å². The van der Waals surface area contributed by atoms with E-state index in [-0.39, 0.29) is 6.10 Å². The molecule has 2 unspecified atom stereocenters. The van der Waals surface area contributed by atoms with Crippen LogP contribution < -0.4 is 0 Å². The molecule has 0 aliphatic heterocycles. The molecule has 1 saturated carbocycles. The fourth-order valence-electron chi connectivity index (χ4n) is 2.72. The summed E-state index contributed by atoms with van der Waals surface area (Å²) in [5.41, 5.74) is 2.91. The van der Waals surface area contributed by atoms with Gasteiger partial charge in [-0.25, -0.2) is 0 Å². The summed E-state index contributed by atoms with van der Waals surface area (Å²) in [6, 6.07) is 10.0. The average molecular weight is 271 g/mol. The van der Waals surface area contributed by atoms with Crippen LogP contribution in [0.5, 0.6) is 0 Å². The normalized spacial score (nSPS) is 18.1. The molecule has 1 heterocycles. The number of nitrogens with zero attached hydrogens (tertiary/aromatic N) is 1. The second-order valence-electron chi connectivity index (χ2n) is 5.61. The van der Waals surface area contributed by atoms with Crippen molar-refractivity contribution in [2.24, 2.45) is 5.92 Å². The van der Waals surface area contributed by atoms with E-state index in [0.29, 0.717) is 12.5 Å². The van der Waals surface area contributed by atoms with Gasteiger partial charge in [0.25, 0.3) is 0 Å². The van der Waals surface area contributed by atoms with E-state index in [1.807, 2.05) is 38.1 Å². The molecule has 1 aromatic carbocycles. The van der Waals surface area contributed by atoms with Gasteiger partial charge in [-0.05, 0) is 56.4 Å². The minimum atomic E-state index is -0.548. The number of hydrogen-bond donors (Lipinski definition) is 1. The molecule has 3 nitrogen and oxygen atoms in total. The Bertz CT molecular complexity index is 607. The van der Waals surface area contributed by atoms with Gasteiger partial charge in [-0.15, -0.1) is 0 Å². The summed E-state index contributed by atoms with van der Waals surface area (Å²) in [6.07, 6.45) is 1.70. The number of aliphatic hydroxyl groups excluding tert-OH is 1. The van der Waals surface area contributed by atoms with E-state index in [1.54, 1.807) is 0 Å². The van der Waals surface area contributed by atoms with Crippen LogP contribution in [-0.4, -0.2) is 22.8 Å². The lowest BCUT2D eigenvalue weighted by Crippen LogP contribution is -2.24. The van der Waals surface area contributed by atoms with Gasteiger partial charge in [0.05, 0.1) is 11.6 Å². The van der Waals surface area contributed by atoms with Gasteiger partial charge in [0, 0.05) is 17.7 Å². The van der Waals surface area contributed by atoms with Crippen molar-refractivity contribution in [1.82, 2.24) is 4.98 Å². The van der Waals surface area contributed by atoms with Crippen LogP contribution in [0, 0.1) is 12.8 Å². The van der Waals surface area contributed by atoms with Gasteiger partial charge in [-0.2, -0.15) is 0 Å². The van der Waals surface area contributed by atoms with Gasteiger partial charge in [-0.1, -0.05) is 12.1 Å². The zero-order valence-corrected chi connectivity index (χ0v) is 12.0. The number of rotatable bonds is 5. The molecule has 0 saturated heterocycles. The topological polar surface area (TPSA) is 42.4 Å². The highest BCUT2D eigenvalue weighted by atomic mass is 16.5. The molecule has 1 aliphatic rings. The zero-order chi connectivity index (χ0) is 14.1. The van der Waals surface area contributed by atoms with E-state index in [2.05, 4.69) is 11.1 Å². The predicted molar refractivity (Wildman–Crippen MR) is 79.6 cm³/mol. The molecule has 1 aliphatic carbocycles. The van der Waals surface area contributed by atoms with Crippen LogP contribution in [-0.2, 0) is 4.74 Å². The van der Waals surface area contributed by atoms with E-state index in [9.17, 15) is 5.11 Å². The SMILES string of the molecule is CCOC(C1CC1)C(O)c1ccc2nc(C)ccc2c1. The van der Waals surface area contributed by atoms with Crippen molar-refractivity contribution < 1.29 is 9.84 Å². The highest BCUT2D eigenvalue weighted by Crippen LogP contribution is 2.40. The largest absolute Gasteiger partial charge is 0.386 e. The molecule has 106 valence electrons. The minimum absolute atomic E-state index is 0.0733. The summed E-state index contributed by atoms with van der Waals surface area (Å²) in [4.78, 5) is 4.49. The second-order valence-corrected chi connectivity index (χ2v) is 5.61. The molecule has 3 heteroatoms. The summed E-state index contributed by atoms with van der Waals surface area (Å²) in [5.74, 6) is 0.511. The Labute approximate surface area is 119 Å². The van der Waals surface area contributed by atoms with Crippen LogP contribution >= 0.6 is 0 Å². The molecule has 0 radical (unpaired) electrons. The highest BCUT2D eigenvalue weighted by molar-refractivity contribution is 5.79. The fourth-order valence-corrected chi connectivity index (χ4v) is 2.72. The summed E-state index contributed by atoms with van der Waals surface area (Å²) in [7, 11) is 0. The van der Waals surface area contributed by atoms with Crippen LogP contribution in [0.2, 0.25) is 0 Å². The Morgan fingerprint density at radius 2 is 2.10 bits per heavy atom. The Morgan fingerprint density at radius 3 is 2.80 bits per heavy atom. The molecular weight excluding hydrogens is 250 g/mol. The van der Waals surface area contributed by atoms with Gasteiger partial charge in [0.2, 0.25) is 0 Å². The first-order valence-electron chi connectivity index (χ1n) is 7.36. The number of fused-ring (bicyclic) bond motifs is 1. The number of aromatic nitrogens is 1. The Morgan fingerprint density at radius 1 is 1.30 bits per heavy atom. The minimum Gasteiger partial charge on any atom is -0.386 e. The second kappa shape index (κ2) is 5.51. The Kier molecular flexibility index (Phi) is 3.72. The Balaban J connectivity index is 1.90. The molecule has 0 spiro atoms. The fraction of sp³-hybridized carbons (Fsp3) is 0.471. The molecule has 0 bridgehead atoms. The van der Waals surface area contributed by atoms with Gasteiger partial charge in [-0.3, -0.25) is 4.98 Å². The number of benzene rings is 1. The number of hydrogen-bond acceptors (Lipinski definition) is 3. The molecule has 2 aromatic rings. The van der Waals surface area contributed by atoms with Crippen LogP contribution in [0.1, 0.15) is 37.1 Å². The standard InChI is InChI=1S/C17H21NO2/c1-3-20-17(12-6-7-12)16(19)14-8-9-15-13(10-14)5-4-11(2)18-15/h4-5,8-10,12,16-17,19H,3,6-7H2,1-2H3. The monoisotopic (exact) mass is 271 g/mol. The van der Waals surface area contributed by atoms with Crippen LogP contribution in [0.4, 0.5) is 0 Å². The van der Waals surface area contributed by atoms with E-state index in [0.717, 1.165) is 35.0 Å². The van der Waals surface area contributed by atoms with Gasteiger partial charge in [0.1, 0.15) is 6.10 Å². The van der Waals surface area contributed by atoms with E-state index < -0.39 is 6.10 Å². The number of ether oxygens (including phenoxy) is 1. The maximum absolute atomic E-state index is 10.6. The lowest BCUT2D eigenvalue weighted by atomic mass is 9.99. The van der Waals surface area contributed by atoms with Crippen LogP contribution in [0.15, 0.2) is 30.3 Å². The number of aliphatic hydroxyl groups is 1. The number of pyridine rings is 1. The van der Waals surface area contributed by atoms with Crippen molar-refractivity contribution in [3.63, 3.8) is 0 Å². The first-order valence-corrected chi connectivity index (χ1v) is 7.36. The van der Waals surface area contributed by atoms with Crippen molar-refractivity contribution in [1.29, 1.82) is 0 Å². The molecular formula is C17H21NO2. The van der Waals surface area contributed by atoms with E-state index in [1.165, 1.54) is 0 Å². The third-order valence-corrected chi connectivity index (χ3v) is 3.95. The van der Waals surface area contributed by atoms with E-state index in [4.69, 9.17) is 4.74 Å². The zero-order valence-electron chi connectivity index (χ0n) is 12.0. The molecule has 3 rings (SSSR count). The van der Waals surface area contributed by atoms with Crippen molar-refractivity contribution in [2.75, 3.05) is 6.61 Å². The third-order valence-electron chi connectivity index (χ3n) is 3.95. The van der Waals surface area contributed by atoms with Crippen LogP contribution in [0.25, 0.3) is 10.9 Å². The maximum Gasteiger partial charge on any atom is 0.105 e. The molecule has 0 amide bonds. The maximum atomic E-state index is 10.6. The van der Waals surface area contributed by atoms with Gasteiger partial charge >= 0.3 is 0 Å². The summed E-state index contributed by atoms with van der Waals surface area (Å²) in [6.45, 7) is 4.61. The number of aryl methyl sites for hydroxylation is 1. The smallest absolute Gasteiger partial charge is 0.105 e. The molecule has 20 heavy (non-hydrogen) atoms. The average Bonchev–Trinajstić information content (AvgIpc) is 3.28. The van der Waals surface area contributed by atoms with Crippen molar-refractivity contribution in [2.45, 2.75) is 38.9 Å². The van der Waals surface area contributed by atoms with Crippen molar-refractivity contribution >= 4 is 10.9 Å². The van der Waals surface area contributed by atoms with Gasteiger partial charge in [0.15, 0.2) is 0 Å². The summed E-state index contributed by atoms with van der Waals surface area (Å²) in [5, 5.41) is 11.7. The predicted octanol–water partition coefficient (Wildman–Crippen LogP) is 3.39. The lowest BCUT2D eigenvalue weighted by Gasteiger charge is -2.23. The molecule has 1 fully saturated rings. The lowest BCUT2D eigenvalue weighted by molar-refractivity contribution is -0.0461. The first kappa shape index (κ1) is 13.5.